The average Bonchev–Trinajstić information content (AvgIpc) is 2.54. The summed E-state index contributed by atoms with van der Waals surface area (Å²) in [7, 11) is 0. The van der Waals surface area contributed by atoms with Crippen molar-refractivity contribution in [3.8, 4) is 11.5 Å². The SMILES string of the molecule is CCCc1ccc(OCC(=O)N/N=C/c2cccc(O)c2)c(Br)c1. The van der Waals surface area contributed by atoms with Crippen molar-refractivity contribution in [3.63, 3.8) is 0 Å². The number of carbonyl (C=O) groups excluding carboxylic acids is 1. The number of rotatable bonds is 7. The first-order valence-corrected chi connectivity index (χ1v) is 8.40. The molecule has 0 aliphatic carbocycles. The molecule has 126 valence electrons. The number of nitrogens with zero attached hydrogens (tertiary/aromatic N) is 1. The minimum Gasteiger partial charge on any atom is -0.508 e. The van der Waals surface area contributed by atoms with Gasteiger partial charge < -0.3 is 9.84 Å². The number of hydrogen-bond donors (Lipinski definition) is 2. The smallest absolute Gasteiger partial charge is 0.277 e. The van der Waals surface area contributed by atoms with Gasteiger partial charge in [0.25, 0.3) is 5.91 Å². The van der Waals surface area contributed by atoms with Crippen LogP contribution in [0.25, 0.3) is 0 Å². The van der Waals surface area contributed by atoms with Crippen LogP contribution in [0.1, 0.15) is 24.5 Å². The van der Waals surface area contributed by atoms with Crippen molar-refractivity contribution in [3.05, 3.63) is 58.1 Å². The minimum atomic E-state index is -0.365. The van der Waals surface area contributed by atoms with Crippen molar-refractivity contribution >= 4 is 28.1 Å². The Labute approximate surface area is 149 Å². The lowest BCUT2D eigenvalue weighted by Gasteiger charge is -2.08. The van der Waals surface area contributed by atoms with E-state index < -0.39 is 0 Å². The standard InChI is InChI=1S/C18H19BrN2O3/c1-2-4-13-7-8-17(16(19)10-13)24-12-18(23)21-20-11-14-5-3-6-15(22)9-14/h3,5-11,22H,2,4,12H2,1H3,(H,21,23)/b20-11+. The summed E-state index contributed by atoms with van der Waals surface area (Å²) in [6, 6.07) is 12.4. The summed E-state index contributed by atoms with van der Waals surface area (Å²) in [4.78, 5) is 11.7. The Kier molecular flexibility index (Phi) is 6.81. The largest absolute Gasteiger partial charge is 0.508 e. The van der Waals surface area contributed by atoms with Crippen LogP contribution < -0.4 is 10.2 Å². The molecule has 0 aliphatic rings. The maximum Gasteiger partial charge on any atom is 0.277 e. The molecule has 24 heavy (non-hydrogen) atoms. The van der Waals surface area contributed by atoms with E-state index in [1.54, 1.807) is 24.3 Å². The van der Waals surface area contributed by atoms with Crippen LogP contribution in [-0.4, -0.2) is 23.8 Å². The van der Waals surface area contributed by atoms with Gasteiger partial charge >= 0.3 is 0 Å². The van der Waals surface area contributed by atoms with Crippen LogP contribution in [0.2, 0.25) is 0 Å². The van der Waals surface area contributed by atoms with E-state index in [2.05, 4.69) is 33.4 Å². The molecule has 0 heterocycles. The van der Waals surface area contributed by atoms with E-state index in [1.165, 1.54) is 11.8 Å². The first-order chi connectivity index (χ1) is 11.6. The summed E-state index contributed by atoms with van der Waals surface area (Å²) >= 11 is 3.45. The zero-order valence-electron chi connectivity index (χ0n) is 13.3. The number of aromatic hydroxyl groups is 1. The van der Waals surface area contributed by atoms with Crippen LogP contribution in [0.3, 0.4) is 0 Å². The predicted octanol–water partition coefficient (Wildman–Crippen LogP) is 3.64. The molecule has 2 N–H and O–H groups in total. The number of carbonyl (C=O) groups is 1. The van der Waals surface area contributed by atoms with E-state index in [-0.39, 0.29) is 18.3 Å². The summed E-state index contributed by atoms with van der Waals surface area (Å²) in [5.74, 6) is 0.392. The fourth-order valence-electron chi connectivity index (χ4n) is 2.07. The van der Waals surface area contributed by atoms with E-state index >= 15 is 0 Å². The number of phenols is 1. The fraction of sp³-hybridized carbons (Fsp3) is 0.222. The van der Waals surface area contributed by atoms with Crippen LogP contribution >= 0.6 is 15.9 Å². The van der Waals surface area contributed by atoms with Gasteiger partial charge in [-0.25, -0.2) is 5.43 Å². The number of ether oxygens (including phenoxy) is 1. The number of aryl methyl sites for hydroxylation is 1. The van der Waals surface area contributed by atoms with Crippen molar-refractivity contribution < 1.29 is 14.6 Å². The molecule has 2 aromatic rings. The highest BCUT2D eigenvalue weighted by atomic mass is 79.9. The zero-order chi connectivity index (χ0) is 17.4. The Hall–Kier alpha value is -2.34. The summed E-state index contributed by atoms with van der Waals surface area (Å²) in [6.07, 6.45) is 3.53. The highest BCUT2D eigenvalue weighted by molar-refractivity contribution is 9.10. The number of phenolic OH excluding ortho intramolecular Hbond substituents is 1. The second-order valence-corrected chi connectivity index (χ2v) is 6.05. The van der Waals surface area contributed by atoms with Gasteiger partial charge in [0.15, 0.2) is 6.61 Å². The third kappa shape index (κ3) is 5.70. The predicted molar refractivity (Wildman–Crippen MR) is 97.5 cm³/mol. The fourth-order valence-corrected chi connectivity index (χ4v) is 2.61. The monoisotopic (exact) mass is 390 g/mol. The normalized spacial score (nSPS) is 10.8. The minimum absolute atomic E-state index is 0.136. The van der Waals surface area contributed by atoms with Crippen molar-refractivity contribution in [1.29, 1.82) is 0 Å². The van der Waals surface area contributed by atoms with Gasteiger partial charge in [-0.3, -0.25) is 4.79 Å². The summed E-state index contributed by atoms with van der Waals surface area (Å²) in [6.45, 7) is 1.99. The van der Waals surface area contributed by atoms with E-state index in [4.69, 9.17) is 4.74 Å². The van der Waals surface area contributed by atoms with Gasteiger partial charge in [0.2, 0.25) is 0 Å². The maximum atomic E-state index is 11.7. The Morgan fingerprint density at radius 1 is 1.33 bits per heavy atom. The number of halogens is 1. The Morgan fingerprint density at radius 2 is 2.17 bits per heavy atom. The lowest BCUT2D eigenvalue weighted by molar-refractivity contribution is -0.123. The molecular weight excluding hydrogens is 372 g/mol. The van der Waals surface area contributed by atoms with Gasteiger partial charge in [-0.1, -0.05) is 31.5 Å². The van der Waals surface area contributed by atoms with Gasteiger partial charge in [-0.05, 0) is 57.7 Å². The molecule has 6 heteroatoms. The third-order valence-electron chi connectivity index (χ3n) is 3.17. The molecule has 0 unspecified atom stereocenters. The molecule has 0 fully saturated rings. The van der Waals surface area contributed by atoms with Crippen LogP contribution in [0.4, 0.5) is 0 Å². The van der Waals surface area contributed by atoms with Crippen LogP contribution in [0.15, 0.2) is 52.0 Å². The quantitative estimate of drug-likeness (QED) is 0.559. The van der Waals surface area contributed by atoms with E-state index in [0.29, 0.717) is 11.3 Å². The second-order valence-electron chi connectivity index (χ2n) is 5.19. The van der Waals surface area contributed by atoms with Crippen LogP contribution in [0, 0.1) is 0 Å². The maximum absolute atomic E-state index is 11.7. The van der Waals surface area contributed by atoms with Crippen LogP contribution in [-0.2, 0) is 11.2 Å². The lowest BCUT2D eigenvalue weighted by atomic mass is 10.1. The molecule has 0 saturated heterocycles. The summed E-state index contributed by atoms with van der Waals surface area (Å²) in [5, 5.41) is 13.2. The van der Waals surface area contributed by atoms with Gasteiger partial charge in [0, 0.05) is 0 Å². The van der Waals surface area contributed by atoms with E-state index in [1.807, 2.05) is 18.2 Å². The molecule has 5 nitrogen and oxygen atoms in total. The number of hydrazone groups is 1. The molecule has 0 saturated carbocycles. The zero-order valence-corrected chi connectivity index (χ0v) is 14.9. The topological polar surface area (TPSA) is 70.9 Å². The number of benzene rings is 2. The second kappa shape index (κ2) is 9.08. The van der Waals surface area contributed by atoms with Gasteiger partial charge in [-0.2, -0.15) is 5.10 Å². The summed E-state index contributed by atoms with van der Waals surface area (Å²) in [5.41, 5.74) is 4.29. The van der Waals surface area contributed by atoms with Crippen molar-refractivity contribution in [1.82, 2.24) is 5.43 Å². The molecule has 2 rings (SSSR count). The highest BCUT2D eigenvalue weighted by Gasteiger charge is 2.06. The van der Waals surface area contributed by atoms with Crippen LogP contribution in [0.5, 0.6) is 11.5 Å². The molecule has 0 atom stereocenters. The summed E-state index contributed by atoms with van der Waals surface area (Å²) < 4.78 is 6.30. The number of amides is 1. The molecule has 0 aliphatic heterocycles. The highest BCUT2D eigenvalue weighted by Crippen LogP contribution is 2.26. The molecule has 0 bridgehead atoms. The molecule has 0 radical (unpaired) electrons. The molecule has 0 aromatic heterocycles. The first-order valence-electron chi connectivity index (χ1n) is 7.60. The van der Waals surface area contributed by atoms with Gasteiger partial charge in [0.05, 0.1) is 10.7 Å². The van der Waals surface area contributed by atoms with Crippen molar-refractivity contribution in [2.45, 2.75) is 19.8 Å². The van der Waals surface area contributed by atoms with E-state index in [9.17, 15) is 9.90 Å². The third-order valence-corrected chi connectivity index (χ3v) is 3.79. The Morgan fingerprint density at radius 3 is 2.88 bits per heavy atom. The first kappa shape index (κ1) is 18.0. The lowest BCUT2D eigenvalue weighted by Crippen LogP contribution is -2.24. The van der Waals surface area contributed by atoms with Crippen molar-refractivity contribution in [2.24, 2.45) is 5.10 Å². The molecule has 0 spiro atoms. The van der Waals surface area contributed by atoms with Gasteiger partial charge in [-0.15, -0.1) is 0 Å². The number of hydrogen-bond acceptors (Lipinski definition) is 4. The van der Waals surface area contributed by atoms with E-state index in [0.717, 1.165) is 17.3 Å². The molecule has 1 amide bonds. The molecular formula is C18H19BrN2O3. The Bertz CT molecular complexity index is 732. The Balaban J connectivity index is 1.83. The average molecular weight is 391 g/mol. The van der Waals surface area contributed by atoms with Gasteiger partial charge in [0.1, 0.15) is 11.5 Å². The molecule has 2 aromatic carbocycles. The number of nitrogens with one attached hydrogen (secondary N) is 1. The van der Waals surface area contributed by atoms with Crippen molar-refractivity contribution in [2.75, 3.05) is 6.61 Å².